The molecule has 3 rings (SSSR count). The number of methoxy groups -OCH3 is 1. The van der Waals surface area contributed by atoms with Gasteiger partial charge in [0.2, 0.25) is 0 Å². The molecule has 2 aromatic heterocycles. The highest BCUT2D eigenvalue weighted by Crippen LogP contribution is 2.31. The van der Waals surface area contributed by atoms with Crippen molar-refractivity contribution in [3.05, 3.63) is 40.9 Å². The molecular formula is C18H19BrN4O3. The highest BCUT2D eigenvalue weighted by Gasteiger charge is 2.14. The van der Waals surface area contributed by atoms with E-state index in [0.29, 0.717) is 36.9 Å². The fraction of sp³-hybridized carbons (Fsp3) is 0.333. The molecule has 0 amide bonds. The molecule has 7 nitrogen and oxygen atoms in total. The average molecular weight is 419 g/mol. The van der Waals surface area contributed by atoms with E-state index in [0.717, 1.165) is 21.8 Å². The molecule has 0 aliphatic carbocycles. The molecule has 8 heteroatoms. The average Bonchev–Trinajstić information content (AvgIpc) is 3.06. The molecule has 0 aliphatic rings. The molecule has 26 heavy (non-hydrogen) atoms. The van der Waals surface area contributed by atoms with Gasteiger partial charge >= 0.3 is 0 Å². The number of carbonyl (C=O) groups is 1. The van der Waals surface area contributed by atoms with Crippen molar-refractivity contribution in [2.75, 3.05) is 20.3 Å². The van der Waals surface area contributed by atoms with Gasteiger partial charge in [-0.15, -0.1) is 0 Å². The molecule has 3 aromatic rings. The molecule has 0 atom stereocenters. The zero-order chi connectivity index (χ0) is 18.5. The van der Waals surface area contributed by atoms with Gasteiger partial charge in [-0.2, -0.15) is 5.10 Å². The van der Waals surface area contributed by atoms with Gasteiger partial charge in [-0.05, 0) is 18.6 Å². The second kappa shape index (κ2) is 8.37. The van der Waals surface area contributed by atoms with Gasteiger partial charge in [0.25, 0.3) is 0 Å². The van der Waals surface area contributed by atoms with Crippen molar-refractivity contribution in [3.8, 4) is 11.6 Å². The van der Waals surface area contributed by atoms with Crippen LogP contribution >= 0.6 is 15.9 Å². The maximum absolute atomic E-state index is 12.1. The zero-order valence-corrected chi connectivity index (χ0v) is 16.2. The number of hydrogen-bond donors (Lipinski definition) is 0. The van der Waals surface area contributed by atoms with Gasteiger partial charge in [-0.1, -0.05) is 22.9 Å². The van der Waals surface area contributed by atoms with Crippen LogP contribution in [-0.2, 0) is 4.74 Å². The summed E-state index contributed by atoms with van der Waals surface area (Å²) in [6.07, 6.45) is 6.00. The van der Waals surface area contributed by atoms with E-state index in [1.54, 1.807) is 24.2 Å². The lowest BCUT2D eigenvalue weighted by Crippen LogP contribution is -2.07. The fourth-order valence-corrected chi connectivity index (χ4v) is 2.97. The lowest BCUT2D eigenvalue weighted by Gasteiger charge is -2.09. The van der Waals surface area contributed by atoms with E-state index in [1.807, 2.05) is 19.1 Å². The number of benzene rings is 1. The smallest absolute Gasteiger partial charge is 0.182 e. The van der Waals surface area contributed by atoms with Crippen LogP contribution in [0.5, 0.6) is 5.75 Å². The minimum absolute atomic E-state index is 0.0249. The predicted octanol–water partition coefficient (Wildman–Crippen LogP) is 3.59. The predicted molar refractivity (Wildman–Crippen MR) is 101 cm³/mol. The maximum Gasteiger partial charge on any atom is 0.182 e. The van der Waals surface area contributed by atoms with Crippen LogP contribution in [0.1, 0.15) is 30.3 Å². The third-order valence-corrected chi connectivity index (χ3v) is 4.22. The van der Waals surface area contributed by atoms with Crippen LogP contribution < -0.4 is 4.74 Å². The molecule has 0 saturated carbocycles. The molecule has 0 unspecified atom stereocenters. The first-order valence-electron chi connectivity index (χ1n) is 8.28. The lowest BCUT2D eigenvalue weighted by molar-refractivity contribution is 0.0976. The Morgan fingerprint density at radius 3 is 2.85 bits per heavy atom. The van der Waals surface area contributed by atoms with Crippen LogP contribution in [0.2, 0.25) is 0 Å². The quantitative estimate of drug-likeness (QED) is 0.410. The molecule has 2 heterocycles. The second-order valence-corrected chi connectivity index (χ2v) is 6.59. The van der Waals surface area contributed by atoms with Crippen LogP contribution in [0, 0.1) is 0 Å². The van der Waals surface area contributed by atoms with E-state index in [-0.39, 0.29) is 5.78 Å². The van der Waals surface area contributed by atoms with Gasteiger partial charge in [0.1, 0.15) is 18.1 Å². The Kier molecular flexibility index (Phi) is 5.95. The van der Waals surface area contributed by atoms with Crippen LogP contribution in [0.25, 0.3) is 16.7 Å². The van der Waals surface area contributed by atoms with Crippen molar-refractivity contribution in [2.24, 2.45) is 0 Å². The molecule has 136 valence electrons. The number of ether oxygens (including phenoxy) is 2. The Hall–Kier alpha value is -2.32. The van der Waals surface area contributed by atoms with E-state index >= 15 is 0 Å². The summed E-state index contributed by atoms with van der Waals surface area (Å²) in [7, 11) is 1.63. The van der Waals surface area contributed by atoms with Crippen molar-refractivity contribution < 1.29 is 14.3 Å². The van der Waals surface area contributed by atoms with Crippen molar-refractivity contribution in [1.29, 1.82) is 0 Å². The summed E-state index contributed by atoms with van der Waals surface area (Å²) >= 11 is 3.50. The molecule has 0 fully saturated rings. The SMILES string of the molecule is CCCC(=O)c1cncc(-n2ncc3c(OCCOC)cc(Br)cc32)n1. The highest BCUT2D eigenvalue weighted by molar-refractivity contribution is 9.10. The zero-order valence-electron chi connectivity index (χ0n) is 14.6. The summed E-state index contributed by atoms with van der Waals surface area (Å²) in [5, 5.41) is 5.26. The maximum atomic E-state index is 12.1. The molecule has 1 aromatic carbocycles. The molecule has 0 N–H and O–H groups in total. The number of fused-ring (bicyclic) bond motifs is 1. The number of nitrogens with zero attached hydrogens (tertiary/aromatic N) is 4. The molecule has 0 spiro atoms. The van der Waals surface area contributed by atoms with Crippen LogP contribution in [0.3, 0.4) is 0 Å². The van der Waals surface area contributed by atoms with Crippen LogP contribution in [0.4, 0.5) is 0 Å². The summed E-state index contributed by atoms with van der Waals surface area (Å²) in [6.45, 7) is 2.89. The van der Waals surface area contributed by atoms with Gasteiger partial charge in [0.15, 0.2) is 11.6 Å². The van der Waals surface area contributed by atoms with Crippen molar-refractivity contribution in [1.82, 2.24) is 19.7 Å². The van der Waals surface area contributed by atoms with E-state index in [9.17, 15) is 4.79 Å². The van der Waals surface area contributed by atoms with Crippen molar-refractivity contribution >= 4 is 32.6 Å². The largest absolute Gasteiger partial charge is 0.490 e. The number of halogens is 1. The van der Waals surface area contributed by atoms with E-state index in [2.05, 4.69) is 31.0 Å². The highest BCUT2D eigenvalue weighted by atomic mass is 79.9. The Balaban J connectivity index is 2.01. The van der Waals surface area contributed by atoms with Gasteiger partial charge in [0, 0.05) is 18.0 Å². The summed E-state index contributed by atoms with van der Waals surface area (Å²) < 4.78 is 13.3. The van der Waals surface area contributed by atoms with E-state index in [4.69, 9.17) is 9.47 Å². The van der Waals surface area contributed by atoms with Crippen LogP contribution in [-0.4, -0.2) is 45.9 Å². The first kappa shape index (κ1) is 18.5. The number of aromatic nitrogens is 4. The van der Waals surface area contributed by atoms with Gasteiger partial charge in [0.05, 0.1) is 36.1 Å². The Morgan fingerprint density at radius 1 is 1.23 bits per heavy atom. The monoisotopic (exact) mass is 418 g/mol. The third kappa shape index (κ3) is 3.91. The molecule has 0 aliphatic heterocycles. The van der Waals surface area contributed by atoms with Gasteiger partial charge < -0.3 is 9.47 Å². The summed E-state index contributed by atoms with van der Waals surface area (Å²) in [6, 6.07) is 3.81. The van der Waals surface area contributed by atoms with Crippen LogP contribution in [0.15, 0.2) is 35.2 Å². The molecule has 0 bridgehead atoms. The van der Waals surface area contributed by atoms with Gasteiger partial charge in [-0.25, -0.2) is 9.67 Å². The number of ketones is 1. The van der Waals surface area contributed by atoms with E-state index < -0.39 is 0 Å². The summed E-state index contributed by atoms with van der Waals surface area (Å²) in [5.74, 6) is 1.16. The Labute approximate surface area is 159 Å². The lowest BCUT2D eigenvalue weighted by atomic mass is 10.2. The normalized spacial score (nSPS) is 11.0. The minimum atomic E-state index is -0.0249. The summed E-state index contributed by atoms with van der Waals surface area (Å²) in [4.78, 5) is 20.7. The topological polar surface area (TPSA) is 79.1 Å². The van der Waals surface area contributed by atoms with Gasteiger partial charge in [-0.3, -0.25) is 9.78 Å². The first-order chi connectivity index (χ1) is 12.6. The number of hydrogen-bond acceptors (Lipinski definition) is 6. The fourth-order valence-electron chi connectivity index (χ4n) is 2.55. The first-order valence-corrected chi connectivity index (χ1v) is 9.08. The number of rotatable bonds is 8. The summed E-state index contributed by atoms with van der Waals surface area (Å²) in [5.41, 5.74) is 1.15. The van der Waals surface area contributed by atoms with Crippen molar-refractivity contribution in [2.45, 2.75) is 19.8 Å². The number of carbonyl (C=O) groups excluding carboxylic acids is 1. The van der Waals surface area contributed by atoms with E-state index in [1.165, 1.54) is 6.20 Å². The Morgan fingerprint density at radius 2 is 2.08 bits per heavy atom. The third-order valence-electron chi connectivity index (χ3n) is 3.76. The number of Topliss-reactive ketones (excluding diaryl/α,β-unsaturated/α-hetero) is 1. The molecule has 0 saturated heterocycles. The van der Waals surface area contributed by atoms with Crippen molar-refractivity contribution in [3.63, 3.8) is 0 Å². The molecule has 0 radical (unpaired) electrons. The standard InChI is InChI=1S/C18H19BrN4O3/c1-3-4-16(24)14-10-20-11-18(22-14)23-15-7-12(19)8-17(13(15)9-21-23)26-6-5-25-2/h7-11H,3-6H2,1-2H3. The Bertz CT molecular complexity index is 926. The minimum Gasteiger partial charge on any atom is -0.490 e. The second-order valence-electron chi connectivity index (χ2n) is 5.67. The molecular weight excluding hydrogens is 400 g/mol.